The van der Waals surface area contributed by atoms with Gasteiger partial charge in [0.05, 0.1) is 0 Å². The van der Waals surface area contributed by atoms with E-state index in [0.717, 1.165) is 12.1 Å². The molecule has 0 saturated heterocycles. The lowest BCUT2D eigenvalue weighted by atomic mass is 9.92. The van der Waals surface area contributed by atoms with Crippen molar-refractivity contribution in [3.05, 3.63) is 35.4 Å². The van der Waals surface area contributed by atoms with E-state index in [1.54, 1.807) is 11.1 Å². The van der Waals surface area contributed by atoms with Crippen LogP contribution < -0.4 is 5.32 Å². The van der Waals surface area contributed by atoms with Gasteiger partial charge in [-0.3, -0.25) is 0 Å². The second kappa shape index (κ2) is 3.39. The van der Waals surface area contributed by atoms with Gasteiger partial charge in [0.15, 0.2) is 0 Å². The number of rotatable bonds is 2. The summed E-state index contributed by atoms with van der Waals surface area (Å²) in [6, 6.07) is 10.4. The number of hydrogen-bond acceptors (Lipinski definition) is 1. The van der Waals surface area contributed by atoms with Gasteiger partial charge in [0.1, 0.15) is 0 Å². The highest BCUT2D eigenvalue weighted by Crippen LogP contribution is 2.25. The topological polar surface area (TPSA) is 12.0 Å². The van der Waals surface area contributed by atoms with Crippen molar-refractivity contribution in [1.29, 1.82) is 0 Å². The molecule has 2 aliphatic rings. The van der Waals surface area contributed by atoms with Crippen LogP contribution in [0.3, 0.4) is 0 Å². The summed E-state index contributed by atoms with van der Waals surface area (Å²) >= 11 is 0. The van der Waals surface area contributed by atoms with Crippen LogP contribution in [0.5, 0.6) is 0 Å². The van der Waals surface area contributed by atoms with E-state index in [1.165, 1.54) is 32.1 Å². The lowest BCUT2D eigenvalue weighted by Crippen LogP contribution is -2.42. The summed E-state index contributed by atoms with van der Waals surface area (Å²) in [6.07, 6.45) is 6.70. The van der Waals surface area contributed by atoms with Gasteiger partial charge in [-0.15, -0.1) is 0 Å². The molecule has 0 aromatic heterocycles. The quantitative estimate of drug-likeness (QED) is 0.749. The van der Waals surface area contributed by atoms with Crippen LogP contribution in [0.2, 0.25) is 0 Å². The minimum atomic E-state index is 0.720. The molecular formula is C13H17N. The van der Waals surface area contributed by atoms with Crippen molar-refractivity contribution in [2.45, 2.75) is 44.2 Å². The highest BCUT2D eigenvalue weighted by molar-refractivity contribution is 5.33. The third-order valence-electron chi connectivity index (χ3n) is 3.63. The first-order valence-corrected chi connectivity index (χ1v) is 5.74. The third-order valence-corrected chi connectivity index (χ3v) is 3.63. The molecule has 3 rings (SSSR count). The van der Waals surface area contributed by atoms with Gasteiger partial charge in [-0.05, 0) is 36.8 Å². The van der Waals surface area contributed by atoms with Crippen molar-refractivity contribution < 1.29 is 0 Å². The maximum absolute atomic E-state index is 3.76. The fraction of sp³-hybridized carbons (Fsp3) is 0.538. The summed E-state index contributed by atoms with van der Waals surface area (Å²) < 4.78 is 0. The van der Waals surface area contributed by atoms with E-state index in [4.69, 9.17) is 0 Å². The molecule has 0 bridgehead atoms. The molecule has 2 aliphatic carbocycles. The van der Waals surface area contributed by atoms with Crippen molar-refractivity contribution >= 4 is 0 Å². The Bertz CT molecular complexity index is 303. The molecular weight excluding hydrogens is 170 g/mol. The fourth-order valence-electron chi connectivity index (χ4n) is 2.58. The van der Waals surface area contributed by atoms with E-state index in [-0.39, 0.29) is 0 Å². The predicted molar refractivity (Wildman–Crippen MR) is 58.4 cm³/mol. The summed E-state index contributed by atoms with van der Waals surface area (Å²) in [4.78, 5) is 0. The van der Waals surface area contributed by atoms with Gasteiger partial charge in [-0.1, -0.05) is 30.7 Å². The van der Waals surface area contributed by atoms with E-state index in [9.17, 15) is 0 Å². The zero-order valence-electron chi connectivity index (χ0n) is 8.50. The first-order chi connectivity index (χ1) is 6.92. The maximum atomic E-state index is 3.76. The Kier molecular flexibility index (Phi) is 2.06. The molecule has 1 aromatic carbocycles. The minimum Gasteiger partial charge on any atom is -0.311 e. The molecule has 0 amide bonds. The van der Waals surface area contributed by atoms with Crippen LogP contribution in [0.25, 0.3) is 0 Å². The van der Waals surface area contributed by atoms with Gasteiger partial charge in [0, 0.05) is 12.1 Å². The SMILES string of the molecule is c1ccc2c(c1)CC(NC1CCC1)C2. The molecule has 0 spiro atoms. The van der Waals surface area contributed by atoms with Crippen molar-refractivity contribution in [1.82, 2.24) is 5.32 Å². The van der Waals surface area contributed by atoms with E-state index in [2.05, 4.69) is 29.6 Å². The van der Waals surface area contributed by atoms with E-state index >= 15 is 0 Å². The van der Waals surface area contributed by atoms with Crippen molar-refractivity contribution in [2.24, 2.45) is 0 Å². The second-order valence-electron chi connectivity index (χ2n) is 4.67. The normalized spacial score (nSPS) is 22.0. The molecule has 0 heterocycles. The molecule has 14 heavy (non-hydrogen) atoms. The van der Waals surface area contributed by atoms with Gasteiger partial charge in [0.25, 0.3) is 0 Å². The second-order valence-corrected chi connectivity index (χ2v) is 4.67. The van der Waals surface area contributed by atoms with Crippen LogP contribution in [0, 0.1) is 0 Å². The predicted octanol–water partition coefficient (Wildman–Crippen LogP) is 2.30. The standard InChI is InChI=1S/C13H17N/c1-2-5-11-9-13(8-10(11)4-1)14-12-6-3-7-12/h1-2,4-5,12-14H,3,6-9H2. The van der Waals surface area contributed by atoms with Crippen LogP contribution in [0.1, 0.15) is 30.4 Å². The van der Waals surface area contributed by atoms with E-state index in [0.29, 0.717) is 0 Å². The molecule has 74 valence electrons. The molecule has 1 heteroatoms. The molecule has 0 radical (unpaired) electrons. The molecule has 1 fully saturated rings. The molecule has 1 N–H and O–H groups in total. The lowest BCUT2D eigenvalue weighted by molar-refractivity contribution is 0.306. The summed E-state index contributed by atoms with van der Waals surface area (Å²) in [7, 11) is 0. The van der Waals surface area contributed by atoms with Gasteiger partial charge in [-0.25, -0.2) is 0 Å². The van der Waals surface area contributed by atoms with Crippen LogP contribution >= 0.6 is 0 Å². The summed E-state index contributed by atoms with van der Waals surface area (Å²) in [5.41, 5.74) is 3.12. The Hall–Kier alpha value is -0.820. The van der Waals surface area contributed by atoms with Crippen LogP contribution in [0.4, 0.5) is 0 Å². The Morgan fingerprint density at radius 3 is 2.07 bits per heavy atom. The lowest BCUT2D eigenvalue weighted by Gasteiger charge is -2.29. The number of nitrogens with one attached hydrogen (secondary N) is 1. The monoisotopic (exact) mass is 187 g/mol. The van der Waals surface area contributed by atoms with Crippen LogP contribution in [-0.2, 0) is 12.8 Å². The molecule has 1 saturated carbocycles. The third kappa shape index (κ3) is 1.46. The molecule has 0 aliphatic heterocycles. The van der Waals surface area contributed by atoms with Gasteiger partial charge >= 0.3 is 0 Å². The average Bonchev–Trinajstić information content (AvgIpc) is 2.53. The zero-order chi connectivity index (χ0) is 9.38. The average molecular weight is 187 g/mol. The van der Waals surface area contributed by atoms with Gasteiger partial charge in [-0.2, -0.15) is 0 Å². The van der Waals surface area contributed by atoms with Gasteiger partial charge < -0.3 is 5.32 Å². The Balaban J connectivity index is 1.66. The number of fused-ring (bicyclic) bond motifs is 1. The van der Waals surface area contributed by atoms with Crippen molar-refractivity contribution in [2.75, 3.05) is 0 Å². The Labute approximate surface area is 85.5 Å². The highest BCUT2D eigenvalue weighted by Gasteiger charge is 2.25. The minimum absolute atomic E-state index is 0.720. The first-order valence-electron chi connectivity index (χ1n) is 5.74. The van der Waals surface area contributed by atoms with Crippen LogP contribution in [-0.4, -0.2) is 12.1 Å². The highest BCUT2D eigenvalue weighted by atomic mass is 15.0. The van der Waals surface area contributed by atoms with Crippen LogP contribution in [0.15, 0.2) is 24.3 Å². The Morgan fingerprint density at radius 1 is 0.929 bits per heavy atom. The zero-order valence-corrected chi connectivity index (χ0v) is 8.50. The largest absolute Gasteiger partial charge is 0.311 e. The van der Waals surface area contributed by atoms with E-state index in [1.807, 2.05) is 0 Å². The van der Waals surface area contributed by atoms with E-state index < -0.39 is 0 Å². The Morgan fingerprint density at radius 2 is 1.57 bits per heavy atom. The molecule has 1 aromatic rings. The van der Waals surface area contributed by atoms with Gasteiger partial charge in [0.2, 0.25) is 0 Å². The number of hydrogen-bond donors (Lipinski definition) is 1. The first kappa shape index (κ1) is 8.49. The summed E-state index contributed by atoms with van der Waals surface area (Å²) in [5.74, 6) is 0. The summed E-state index contributed by atoms with van der Waals surface area (Å²) in [5, 5.41) is 3.76. The maximum Gasteiger partial charge on any atom is 0.0151 e. The van der Waals surface area contributed by atoms with Crippen molar-refractivity contribution in [3.8, 4) is 0 Å². The fourth-order valence-corrected chi connectivity index (χ4v) is 2.58. The molecule has 0 atom stereocenters. The number of benzene rings is 1. The molecule has 0 unspecified atom stereocenters. The van der Waals surface area contributed by atoms with Crippen molar-refractivity contribution in [3.63, 3.8) is 0 Å². The summed E-state index contributed by atoms with van der Waals surface area (Å²) in [6.45, 7) is 0. The smallest absolute Gasteiger partial charge is 0.0151 e. The molecule has 1 nitrogen and oxygen atoms in total.